The lowest BCUT2D eigenvalue weighted by atomic mass is 10.1. The fraction of sp³-hybridized carbons (Fsp3) is 0.400. The van der Waals surface area contributed by atoms with E-state index < -0.39 is 0 Å². The third kappa shape index (κ3) is 3.70. The Morgan fingerprint density at radius 3 is 2.55 bits per heavy atom. The second-order valence-corrected chi connectivity index (χ2v) is 7.74. The zero-order valence-corrected chi connectivity index (χ0v) is 14.2. The number of hydrogen-bond acceptors (Lipinski definition) is 4. The highest BCUT2D eigenvalue weighted by Gasteiger charge is 2.26. The number of carbonyl (C=O) groups is 1. The van der Waals surface area contributed by atoms with Gasteiger partial charge in [0.05, 0.1) is 15.3 Å². The summed E-state index contributed by atoms with van der Waals surface area (Å²) in [6.45, 7) is 7.03. The first kappa shape index (κ1) is 15.7. The molecule has 0 aliphatic heterocycles. The van der Waals surface area contributed by atoms with Gasteiger partial charge in [-0.1, -0.05) is 17.7 Å². The largest absolute Gasteiger partial charge is 0.291 e. The summed E-state index contributed by atoms with van der Waals surface area (Å²) >= 11 is 9.00. The number of thiophene rings is 2. The number of rotatable bonds is 6. The highest BCUT2D eigenvalue weighted by Crippen LogP contribution is 2.25. The first-order valence-electron chi connectivity index (χ1n) is 6.56. The number of carbonyl (C=O) groups excluding carboxylic acids is 1. The molecule has 0 radical (unpaired) electrons. The topological polar surface area (TPSA) is 20.3 Å². The molecule has 20 heavy (non-hydrogen) atoms. The van der Waals surface area contributed by atoms with Crippen LogP contribution in [0.15, 0.2) is 29.6 Å². The van der Waals surface area contributed by atoms with Crippen LogP contribution in [-0.4, -0.2) is 22.8 Å². The number of halogens is 1. The lowest BCUT2D eigenvalue weighted by molar-refractivity contribution is 0.0779. The molecule has 0 saturated heterocycles. The Kier molecular flexibility index (Phi) is 5.38. The normalized spacial score (nSPS) is 13.1. The molecule has 0 bridgehead atoms. The molecular formula is C15H18ClNOS2. The molecule has 0 aliphatic rings. The quantitative estimate of drug-likeness (QED) is 0.700. The van der Waals surface area contributed by atoms with Crippen molar-refractivity contribution in [3.8, 4) is 0 Å². The van der Waals surface area contributed by atoms with Gasteiger partial charge in [-0.15, -0.1) is 22.7 Å². The summed E-state index contributed by atoms with van der Waals surface area (Å²) in [5.74, 6) is 0.146. The third-order valence-corrected chi connectivity index (χ3v) is 5.38. The minimum Gasteiger partial charge on any atom is -0.291 e. The van der Waals surface area contributed by atoms with E-state index >= 15 is 0 Å². The van der Waals surface area contributed by atoms with Crippen LogP contribution in [0.5, 0.6) is 0 Å². The maximum Gasteiger partial charge on any atom is 0.189 e. The molecule has 1 atom stereocenters. The number of ketones is 1. The second kappa shape index (κ2) is 6.85. The first-order valence-corrected chi connectivity index (χ1v) is 8.64. The van der Waals surface area contributed by atoms with Gasteiger partial charge in [0.15, 0.2) is 5.78 Å². The average Bonchev–Trinajstić information content (AvgIpc) is 3.05. The average molecular weight is 328 g/mol. The molecule has 0 aliphatic carbocycles. The maximum atomic E-state index is 12.5. The van der Waals surface area contributed by atoms with E-state index in [1.807, 2.05) is 19.1 Å². The van der Waals surface area contributed by atoms with Crippen molar-refractivity contribution < 1.29 is 4.79 Å². The first-order chi connectivity index (χ1) is 9.49. The highest BCUT2D eigenvalue weighted by atomic mass is 35.5. The zero-order chi connectivity index (χ0) is 14.7. The van der Waals surface area contributed by atoms with Crippen LogP contribution >= 0.6 is 34.3 Å². The molecule has 2 heterocycles. The van der Waals surface area contributed by atoms with Crippen LogP contribution in [0.25, 0.3) is 0 Å². The van der Waals surface area contributed by atoms with E-state index in [2.05, 4.69) is 30.2 Å². The standard InChI is InChI=1S/C15H18ClNOS2/c1-10(2)17(9-12-5-4-8-19-12)11(3)15(18)13-6-7-14(16)20-13/h4-8,10-11H,9H2,1-3H3. The van der Waals surface area contributed by atoms with Gasteiger partial charge in [-0.3, -0.25) is 9.69 Å². The molecule has 1 unspecified atom stereocenters. The Morgan fingerprint density at radius 1 is 1.30 bits per heavy atom. The molecule has 5 heteroatoms. The SMILES string of the molecule is CC(C)N(Cc1cccs1)C(C)C(=O)c1ccc(Cl)s1. The summed E-state index contributed by atoms with van der Waals surface area (Å²) in [6, 6.07) is 7.92. The van der Waals surface area contributed by atoms with E-state index in [0.717, 1.165) is 11.4 Å². The lowest BCUT2D eigenvalue weighted by Crippen LogP contribution is -2.42. The van der Waals surface area contributed by atoms with Crippen molar-refractivity contribution in [1.82, 2.24) is 4.90 Å². The molecule has 2 rings (SSSR count). The van der Waals surface area contributed by atoms with Gasteiger partial charge in [0.25, 0.3) is 0 Å². The molecule has 0 N–H and O–H groups in total. The monoisotopic (exact) mass is 327 g/mol. The van der Waals surface area contributed by atoms with Crippen LogP contribution < -0.4 is 0 Å². The van der Waals surface area contributed by atoms with Crippen molar-refractivity contribution in [2.45, 2.75) is 39.4 Å². The molecule has 2 aromatic heterocycles. The Balaban J connectivity index is 2.14. The van der Waals surface area contributed by atoms with Gasteiger partial charge in [-0.2, -0.15) is 0 Å². The summed E-state index contributed by atoms with van der Waals surface area (Å²) in [5.41, 5.74) is 0. The molecule has 0 aromatic carbocycles. The molecule has 0 spiro atoms. The fourth-order valence-electron chi connectivity index (χ4n) is 2.15. The van der Waals surface area contributed by atoms with Gasteiger partial charge in [0, 0.05) is 17.5 Å². The molecule has 2 nitrogen and oxygen atoms in total. The van der Waals surface area contributed by atoms with E-state index in [4.69, 9.17) is 11.6 Å². The van der Waals surface area contributed by atoms with E-state index in [0.29, 0.717) is 10.4 Å². The summed E-state index contributed by atoms with van der Waals surface area (Å²) in [5, 5.41) is 2.07. The number of nitrogens with zero attached hydrogens (tertiary/aromatic N) is 1. The molecular weight excluding hydrogens is 310 g/mol. The van der Waals surface area contributed by atoms with E-state index in [-0.39, 0.29) is 11.8 Å². The Labute approximate surface area is 133 Å². The van der Waals surface area contributed by atoms with Crippen molar-refractivity contribution in [3.63, 3.8) is 0 Å². The van der Waals surface area contributed by atoms with Gasteiger partial charge >= 0.3 is 0 Å². The Hall–Kier alpha value is -0.680. The van der Waals surface area contributed by atoms with Crippen molar-refractivity contribution in [2.75, 3.05) is 0 Å². The molecule has 2 aromatic rings. The number of hydrogen-bond donors (Lipinski definition) is 0. The van der Waals surface area contributed by atoms with Crippen molar-refractivity contribution >= 4 is 40.1 Å². The van der Waals surface area contributed by atoms with Gasteiger partial charge in [0.2, 0.25) is 0 Å². The highest BCUT2D eigenvalue weighted by molar-refractivity contribution is 7.18. The van der Waals surface area contributed by atoms with Crippen LogP contribution in [0.1, 0.15) is 35.3 Å². The van der Waals surface area contributed by atoms with Crippen molar-refractivity contribution in [1.29, 1.82) is 0 Å². The summed E-state index contributed by atoms with van der Waals surface area (Å²) in [7, 11) is 0. The van der Waals surface area contributed by atoms with Crippen LogP contribution in [-0.2, 0) is 6.54 Å². The van der Waals surface area contributed by atoms with Crippen LogP contribution in [0.2, 0.25) is 4.34 Å². The smallest absolute Gasteiger partial charge is 0.189 e. The van der Waals surface area contributed by atoms with Crippen molar-refractivity contribution in [2.24, 2.45) is 0 Å². The Bertz CT molecular complexity index is 562. The van der Waals surface area contributed by atoms with Crippen LogP contribution in [0.3, 0.4) is 0 Å². The predicted molar refractivity (Wildman–Crippen MR) is 88.1 cm³/mol. The minimum atomic E-state index is -0.146. The third-order valence-electron chi connectivity index (χ3n) is 3.27. The molecule has 108 valence electrons. The number of Topliss-reactive ketones (excluding diaryl/α,β-unsaturated/α-hetero) is 1. The summed E-state index contributed by atoms with van der Waals surface area (Å²) < 4.78 is 0.662. The fourth-order valence-corrected chi connectivity index (χ4v) is 3.93. The van der Waals surface area contributed by atoms with Gasteiger partial charge < -0.3 is 0 Å². The van der Waals surface area contributed by atoms with Gasteiger partial charge in [-0.25, -0.2) is 0 Å². The van der Waals surface area contributed by atoms with E-state index in [9.17, 15) is 4.79 Å². The van der Waals surface area contributed by atoms with E-state index in [1.165, 1.54) is 16.2 Å². The lowest BCUT2D eigenvalue weighted by Gasteiger charge is -2.31. The minimum absolute atomic E-state index is 0.146. The molecule has 0 saturated carbocycles. The second-order valence-electron chi connectivity index (χ2n) is 4.99. The zero-order valence-electron chi connectivity index (χ0n) is 11.8. The van der Waals surface area contributed by atoms with Crippen LogP contribution in [0.4, 0.5) is 0 Å². The maximum absolute atomic E-state index is 12.5. The summed E-state index contributed by atoms with van der Waals surface area (Å²) in [4.78, 5) is 16.8. The van der Waals surface area contributed by atoms with Gasteiger partial charge in [-0.05, 0) is 44.4 Å². The summed E-state index contributed by atoms with van der Waals surface area (Å²) in [6.07, 6.45) is 0. The van der Waals surface area contributed by atoms with Gasteiger partial charge in [0.1, 0.15) is 0 Å². The molecule has 0 amide bonds. The van der Waals surface area contributed by atoms with Crippen LogP contribution in [0, 0.1) is 0 Å². The van der Waals surface area contributed by atoms with E-state index in [1.54, 1.807) is 17.4 Å². The molecule has 0 fully saturated rings. The van der Waals surface area contributed by atoms with Crippen molar-refractivity contribution in [3.05, 3.63) is 43.7 Å². The predicted octanol–water partition coefficient (Wildman–Crippen LogP) is 4.94. The Morgan fingerprint density at radius 2 is 2.05 bits per heavy atom.